The van der Waals surface area contributed by atoms with Gasteiger partial charge in [0.2, 0.25) is 0 Å². The third kappa shape index (κ3) is 4.94. The number of furan rings is 1. The zero-order valence-corrected chi connectivity index (χ0v) is 27.2. The lowest BCUT2D eigenvalue weighted by Crippen LogP contribution is -1.91. The van der Waals surface area contributed by atoms with Crippen LogP contribution in [-0.2, 0) is 0 Å². The molecule has 0 saturated heterocycles. The van der Waals surface area contributed by atoms with Crippen LogP contribution in [0, 0.1) is 0 Å². The van der Waals surface area contributed by atoms with E-state index < -0.39 is 18.1 Å². The molecule has 51 heavy (non-hydrogen) atoms. The van der Waals surface area contributed by atoms with Crippen LogP contribution in [0.2, 0.25) is 0 Å². The first-order valence-electron chi connectivity index (χ1n) is 21.3. The van der Waals surface area contributed by atoms with E-state index in [1.54, 1.807) is 24.3 Å². The summed E-state index contributed by atoms with van der Waals surface area (Å²) in [7, 11) is 0. The first kappa shape index (κ1) is 21.4. The maximum Gasteiger partial charge on any atom is 0.136 e. The van der Waals surface area contributed by atoms with E-state index in [0.29, 0.717) is 16.7 Å². The van der Waals surface area contributed by atoms with E-state index >= 15 is 0 Å². The van der Waals surface area contributed by atoms with Gasteiger partial charge in [0.15, 0.2) is 0 Å². The monoisotopic (exact) mass is 657 g/mol. The number of rotatable bonds is 5. The maximum absolute atomic E-state index is 9.47. The standard InChI is InChI=1S/C50H32O/c1-3-12-33(13-4-1)35-22-24-36(25-23-35)37-26-28-38(29-27-37)48-40-16-7-9-18-42(40)49(43-19-10-8-17-41(43)48)45-20-11-21-46-50(45)44-31-30-39(32-47(44)51-46)34-14-5-2-6-15-34/h1-32H/i1D,3D,4D,12D,13D,26D,27D,28D,29D. The zero-order valence-electron chi connectivity index (χ0n) is 36.2. The van der Waals surface area contributed by atoms with Gasteiger partial charge in [-0.15, -0.1) is 0 Å². The third-order valence-electron chi connectivity index (χ3n) is 9.64. The number of benzene rings is 9. The molecular formula is C50H32O. The molecule has 0 N–H and O–H groups in total. The highest BCUT2D eigenvalue weighted by Crippen LogP contribution is 2.47. The van der Waals surface area contributed by atoms with Gasteiger partial charge in [0.1, 0.15) is 11.2 Å². The summed E-state index contributed by atoms with van der Waals surface area (Å²) < 4.78 is 85.0. The fraction of sp³-hybridized carbons (Fsp3) is 0. The highest BCUT2D eigenvalue weighted by Gasteiger charge is 2.20. The van der Waals surface area contributed by atoms with E-state index in [2.05, 4.69) is 36.4 Å². The van der Waals surface area contributed by atoms with E-state index in [0.717, 1.165) is 65.7 Å². The summed E-state index contributed by atoms with van der Waals surface area (Å²) in [6.07, 6.45) is 0. The molecule has 1 nitrogen and oxygen atoms in total. The molecule has 0 aliphatic rings. The summed E-state index contributed by atoms with van der Waals surface area (Å²) in [6.45, 7) is 0. The van der Waals surface area contributed by atoms with Crippen molar-refractivity contribution >= 4 is 43.5 Å². The smallest absolute Gasteiger partial charge is 0.136 e. The molecule has 0 saturated carbocycles. The number of hydrogen-bond donors (Lipinski definition) is 0. The van der Waals surface area contributed by atoms with Crippen LogP contribution in [0.25, 0.3) is 99.1 Å². The minimum absolute atomic E-state index is 0.0408. The summed E-state index contributed by atoms with van der Waals surface area (Å²) in [4.78, 5) is 0. The Bertz CT molecular complexity index is 3290. The van der Waals surface area contributed by atoms with Crippen molar-refractivity contribution in [2.24, 2.45) is 0 Å². The second kappa shape index (κ2) is 12.0. The van der Waals surface area contributed by atoms with Crippen molar-refractivity contribution in [1.29, 1.82) is 0 Å². The lowest BCUT2D eigenvalue weighted by atomic mass is 9.84. The van der Waals surface area contributed by atoms with Crippen LogP contribution in [0.15, 0.2) is 198 Å². The SMILES string of the molecule is [2H]c1c([2H])c([2H])c(-c2ccc(-c3c([2H])c([2H])c(-c4c5ccccc5c(-c5cccc6oc7cc(-c8ccccc8)ccc7c56)c5ccccc45)c([2H])c3[2H])cc2)c([2H])c1[2H]. The van der Waals surface area contributed by atoms with Crippen LogP contribution in [0.3, 0.4) is 0 Å². The van der Waals surface area contributed by atoms with E-state index in [9.17, 15) is 5.48 Å². The molecule has 1 heterocycles. The summed E-state index contributed by atoms with van der Waals surface area (Å²) in [5, 5.41) is 5.28. The Kier molecular flexibility index (Phi) is 5.04. The Labute approximate surface area is 309 Å². The van der Waals surface area contributed by atoms with E-state index in [-0.39, 0.29) is 52.9 Å². The van der Waals surface area contributed by atoms with Gasteiger partial charge in [-0.25, -0.2) is 0 Å². The van der Waals surface area contributed by atoms with Crippen molar-refractivity contribution in [3.63, 3.8) is 0 Å². The van der Waals surface area contributed by atoms with Crippen molar-refractivity contribution in [2.45, 2.75) is 0 Å². The summed E-state index contributed by atoms with van der Waals surface area (Å²) in [5.74, 6) is 0. The second-order valence-corrected chi connectivity index (χ2v) is 12.5. The first-order chi connectivity index (χ1) is 29.0. The van der Waals surface area contributed by atoms with E-state index in [1.807, 2.05) is 78.9 Å². The number of hydrogen-bond acceptors (Lipinski definition) is 1. The summed E-state index contributed by atoms with van der Waals surface area (Å²) in [6, 6.07) is 41.9. The molecule has 0 atom stereocenters. The minimum atomic E-state index is -0.480. The Hall–Kier alpha value is -6.70. The lowest BCUT2D eigenvalue weighted by molar-refractivity contribution is 0.669. The van der Waals surface area contributed by atoms with Gasteiger partial charge in [-0.3, -0.25) is 0 Å². The lowest BCUT2D eigenvalue weighted by Gasteiger charge is -2.18. The fourth-order valence-electron chi connectivity index (χ4n) is 7.31. The predicted octanol–water partition coefficient (Wildman–Crippen LogP) is 14.2. The molecule has 1 aromatic heterocycles. The Balaban J connectivity index is 1.16. The Morgan fingerprint density at radius 3 is 1.51 bits per heavy atom. The highest BCUT2D eigenvalue weighted by atomic mass is 16.3. The largest absolute Gasteiger partial charge is 0.456 e. The van der Waals surface area contributed by atoms with Crippen molar-refractivity contribution < 1.29 is 16.8 Å². The molecule has 0 spiro atoms. The van der Waals surface area contributed by atoms with Crippen LogP contribution in [0.5, 0.6) is 0 Å². The van der Waals surface area contributed by atoms with Crippen molar-refractivity contribution in [3.05, 3.63) is 194 Å². The van der Waals surface area contributed by atoms with E-state index in [4.69, 9.17) is 11.3 Å². The summed E-state index contributed by atoms with van der Waals surface area (Å²) >= 11 is 0. The fourth-order valence-corrected chi connectivity index (χ4v) is 7.31. The molecule has 0 amide bonds. The molecule has 238 valence electrons. The van der Waals surface area contributed by atoms with Gasteiger partial charge in [-0.05, 0) is 95.4 Å². The predicted molar refractivity (Wildman–Crippen MR) is 216 cm³/mol. The van der Waals surface area contributed by atoms with Crippen LogP contribution < -0.4 is 0 Å². The van der Waals surface area contributed by atoms with Crippen molar-refractivity contribution in [2.75, 3.05) is 0 Å². The van der Waals surface area contributed by atoms with Gasteiger partial charge in [0.25, 0.3) is 0 Å². The average Bonchev–Trinajstić information content (AvgIpc) is 3.66. The second-order valence-electron chi connectivity index (χ2n) is 12.5. The molecule has 0 aliphatic heterocycles. The molecule has 0 radical (unpaired) electrons. The number of fused-ring (bicyclic) bond motifs is 5. The highest BCUT2D eigenvalue weighted by molar-refractivity contribution is 6.25. The van der Waals surface area contributed by atoms with Crippen molar-refractivity contribution in [3.8, 4) is 55.6 Å². The van der Waals surface area contributed by atoms with Gasteiger partial charge in [-0.1, -0.05) is 176 Å². The molecule has 0 unspecified atom stereocenters. The Morgan fingerprint density at radius 2 is 0.863 bits per heavy atom. The molecule has 10 rings (SSSR count). The van der Waals surface area contributed by atoms with Gasteiger partial charge in [-0.2, -0.15) is 0 Å². The topological polar surface area (TPSA) is 13.1 Å². The quantitative estimate of drug-likeness (QED) is 0.168. The maximum atomic E-state index is 9.47. The molecule has 0 aliphatic carbocycles. The van der Waals surface area contributed by atoms with Crippen molar-refractivity contribution in [1.82, 2.24) is 0 Å². The van der Waals surface area contributed by atoms with Gasteiger partial charge < -0.3 is 4.42 Å². The average molecular weight is 658 g/mol. The molecule has 0 fully saturated rings. The van der Waals surface area contributed by atoms with Gasteiger partial charge >= 0.3 is 0 Å². The van der Waals surface area contributed by atoms with Crippen LogP contribution in [0.4, 0.5) is 0 Å². The van der Waals surface area contributed by atoms with Crippen LogP contribution in [-0.4, -0.2) is 0 Å². The first-order valence-corrected chi connectivity index (χ1v) is 16.8. The molecule has 0 bridgehead atoms. The summed E-state index contributed by atoms with van der Waals surface area (Å²) in [5.41, 5.74) is 7.31. The van der Waals surface area contributed by atoms with Crippen LogP contribution in [0.1, 0.15) is 12.3 Å². The molecule has 1 heteroatoms. The zero-order chi connectivity index (χ0) is 41.6. The van der Waals surface area contributed by atoms with Crippen LogP contribution >= 0.6 is 0 Å². The minimum Gasteiger partial charge on any atom is -0.456 e. The molecular weight excluding hydrogens is 617 g/mol. The molecule has 10 aromatic rings. The normalized spacial score (nSPS) is 14.0. The Morgan fingerprint density at radius 1 is 0.333 bits per heavy atom. The van der Waals surface area contributed by atoms with Gasteiger partial charge in [0, 0.05) is 10.8 Å². The molecule has 9 aromatic carbocycles. The van der Waals surface area contributed by atoms with Gasteiger partial charge in [0.05, 0.1) is 12.3 Å². The third-order valence-corrected chi connectivity index (χ3v) is 9.64. The van der Waals surface area contributed by atoms with E-state index in [1.165, 1.54) is 0 Å².